The Bertz CT molecular complexity index is 906. The summed E-state index contributed by atoms with van der Waals surface area (Å²) in [5, 5.41) is 0. The van der Waals surface area contributed by atoms with E-state index in [0.717, 1.165) is 34.8 Å². The van der Waals surface area contributed by atoms with Crippen molar-refractivity contribution in [2.24, 2.45) is 0 Å². The van der Waals surface area contributed by atoms with Gasteiger partial charge in [0.05, 0.1) is 12.5 Å². The van der Waals surface area contributed by atoms with Crippen molar-refractivity contribution in [3.05, 3.63) is 47.5 Å². The van der Waals surface area contributed by atoms with Gasteiger partial charge in [0.25, 0.3) is 0 Å². The van der Waals surface area contributed by atoms with Gasteiger partial charge in [-0.1, -0.05) is 29.8 Å². The zero-order valence-corrected chi connectivity index (χ0v) is 16.5. The van der Waals surface area contributed by atoms with Gasteiger partial charge in [-0.2, -0.15) is 17.7 Å². The van der Waals surface area contributed by atoms with Gasteiger partial charge in [0.15, 0.2) is 0 Å². The van der Waals surface area contributed by atoms with Crippen LogP contribution in [0.3, 0.4) is 0 Å². The Balaban J connectivity index is 0.00000312. The van der Waals surface area contributed by atoms with Crippen LogP contribution in [-0.4, -0.2) is 29.3 Å². The van der Waals surface area contributed by atoms with Crippen LogP contribution in [0.1, 0.15) is 11.1 Å². The third-order valence-corrected chi connectivity index (χ3v) is 4.46. The molecule has 0 saturated heterocycles. The molecule has 0 atom stereocenters. The van der Waals surface area contributed by atoms with E-state index in [1.807, 2.05) is 26.0 Å². The Morgan fingerprint density at radius 2 is 1.40 bits per heavy atom. The van der Waals surface area contributed by atoms with Crippen molar-refractivity contribution in [3.8, 4) is 11.1 Å². The molecule has 0 aliphatic rings. The third-order valence-electron chi connectivity index (χ3n) is 3.26. The zero-order chi connectivity index (χ0) is 18.1. The molecule has 0 radical (unpaired) electrons. The quantitative estimate of drug-likeness (QED) is 0.546. The molecule has 0 heterocycles. The van der Waals surface area contributed by atoms with Crippen LogP contribution in [0.2, 0.25) is 0 Å². The number of hydrogen-bond acceptors (Lipinski definition) is 4. The van der Waals surface area contributed by atoms with Gasteiger partial charge >= 0.3 is 18.9 Å². The Kier molecular flexibility index (Phi) is 6.76. The van der Waals surface area contributed by atoms with Crippen LogP contribution in [0.4, 0.5) is 11.4 Å². The van der Waals surface area contributed by atoms with Crippen LogP contribution in [0, 0.1) is 19.9 Å². The van der Waals surface area contributed by atoms with E-state index < -0.39 is 20.0 Å². The molecule has 0 spiro atoms. The molecule has 2 aromatic rings. The number of nitrogens with one attached hydrogen (secondary N) is 2. The number of hydrogen-bond donors (Lipinski definition) is 2. The van der Waals surface area contributed by atoms with E-state index in [-0.39, 0.29) is 18.9 Å². The molecular formula is C16H19LiN2O4S2. The summed E-state index contributed by atoms with van der Waals surface area (Å²) in [6.07, 6.45) is 2.19. The van der Waals surface area contributed by atoms with Gasteiger partial charge < -0.3 is 4.72 Å². The van der Waals surface area contributed by atoms with Crippen LogP contribution >= 0.6 is 0 Å². The third kappa shape index (κ3) is 6.40. The van der Waals surface area contributed by atoms with Crippen molar-refractivity contribution in [1.82, 2.24) is 0 Å². The average molecular weight is 374 g/mol. The largest absolute Gasteiger partial charge is 1.00 e. The van der Waals surface area contributed by atoms with E-state index in [9.17, 15) is 16.8 Å². The maximum absolute atomic E-state index is 11.3. The Morgan fingerprint density at radius 1 is 0.840 bits per heavy atom. The first-order valence-electron chi connectivity index (χ1n) is 7.04. The zero-order valence-electron chi connectivity index (χ0n) is 14.8. The molecular weight excluding hydrogens is 355 g/mol. The van der Waals surface area contributed by atoms with Crippen molar-refractivity contribution in [3.63, 3.8) is 0 Å². The molecule has 0 fully saturated rings. The first kappa shape index (κ1) is 21.6. The SMILES string of the molecule is Cc1[c-]c(NS(C)(=O)=O)ccc1-c1ccc(NS(C)(=O)=O)cc1C.[Li+]. The molecule has 0 saturated carbocycles. The fraction of sp³-hybridized carbons (Fsp3) is 0.250. The standard InChI is InChI=1S/C16H19N2O4S2.Li/c1-11-9-13(17-23(3,19)20)5-7-15(11)16-8-6-14(10-12(16)2)18-24(4,21)22;/h5-9,17-18H,1-4H3;/q-1;+1. The van der Waals surface area contributed by atoms with Crippen molar-refractivity contribution in [2.45, 2.75) is 13.8 Å². The van der Waals surface area contributed by atoms with Crippen LogP contribution < -0.4 is 28.3 Å². The maximum Gasteiger partial charge on any atom is 1.00 e. The molecule has 0 aliphatic heterocycles. The summed E-state index contributed by atoms with van der Waals surface area (Å²) in [4.78, 5) is 0. The molecule has 0 amide bonds. The Hall–Kier alpha value is -1.46. The predicted octanol–water partition coefficient (Wildman–Crippen LogP) is -0.482. The van der Waals surface area contributed by atoms with E-state index in [2.05, 4.69) is 15.5 Å². The molecule has 25 heavy (non-hydrogen) atoms. The second-order valence-corrected chi connectivity index (χ2v) is 9.19. The summed E-state index contributed by atoms with van der Waals surface area (Å²) < 4.78 is 50.0. The topological polar surface area (TPSA) is 92.3 Å². The second-order valence-electron chi connectivity index (χ2n) is 5.69. The maximum atomic E-state index is 11.3. The average Bonchev–Trinajstić information content (AvgIpc) is 2.36. The van der Waals surface area contributed by atoms with Gasteiger partial charge in [0, 0.05) is 5.69 Å². The normalized spacial score (nSPS) is 11.5. The number of rotatable bonds is 5. The van der Waals surface area contributed by atoms with Crippen molar-refractivity contribution >= 4 is 31.4 Å². The molecule has 9 heteroatoms. The Labute approximate surface area is 161 Å². The van der Waals surface area contributed by atoms with E-state index in [1.165, 1.54) is 0 Å². The summed E-state index contributed by atoms with van der Waals surface area (Å²) in [6, 6.07) is 11.7. The minimum absolute atomic E-state index is 0. The van der Waals surface area contributed by atoms with Crippen molar-refractivity contribution in [1.29, 1.82) is 0 Å². The van der Waals surface area contributed by atoms with E-state index in [1.54, 1.807) is 18.2 Å². The van der Waals surface area contributed by atoms with Gasteiger partial charge in [-0.15, -0.1) is 11.6 Å². The molecule has 6 nitrogen and oxygen atoms in total. The number of aryl methyl sites for hydroxylation is 2. The molecule has 0 bridgehead atoms. The van der Waals surface area contributed by atoms with Crippen molar-refractivity contribution in [2.75, 3.05) is 22.0 Å². The van der Waals surface area contributed by atoms with E-state index >= 15 is 0 Å². The first-order valence-corrected chi connectivity index (χ1v) is 10.8. The molecule has 0 aliphatic carbocycles. The summed E-state index contributed by atoms with van der Waals surface area (Å²) in [5.74, 6) is 0. The molecule has 2 aromatic carbocycles. The molecule has 130 valence electrons. The summed E-state index contributed by atoms with van der Waals surface area (Å²) in [5.41, 5.74) is 4.38. The van der Waals surface area contributed by atoms with Gasteiger partial charge in [0.2, 0.25) is 20.0 Å². The molecule has 0 unspecified atom stereocenters. The minimum atomic E-state index is -3.35. The monoisotopic (exact) mass is 374 g/mol. The van der Waals surface area contributed by atoms with Crippen LogP contribution in [0.25, 0.3) is 11.1 Å². The van der Waals surface area contributed by atoms with Crippen LogP contribution in [0.15, 0.2) is 30.3 Å². The van der Waals surface area contributed by atoms with Crippen molar-refractivity contribution < 1.29 is 35.7 Å². The van der Waals surface area contributed by atoms with E-state index in [4.69, 9.17) is 0 Å². The smallest absolute Gasteiger partial charge is 0.308 e. The first-order chi connectivity index (χ1) is 10.9. The molecule has 0 aromatic heterocycles. The molecule has 2 N–H and O–H groups in total. The minimum Gasteiger partial charge on any atom is -0.308 e. The van der Waals surface area contributed by atoms with Crippen LogP contribution in [0.5, 0.6) is 0 Å². The van der Waals surface area contributed by atoms with Gasteiger partial charge in [0.1, 0.15) is 0 Å². The fourth-order valence-corrected chi connectivity index (χ4v) is 3.47. The summed E-state index contributed by atoms with van der Waals surface area (Å²) in [6.45, 7) is 3.72. The predicted molar refractivity (Wildman–Crippen MR) is 97.1 cm³/mol. The number of anilines is 2. The van der Waals surface area contributed by atoms with Gasteiger partial charge in [-0.25, -0.2) is 16.8 Å². The van der Waals surface area contributed by atoms with Crippen LogP contribution in [-0.2, 0) is 20.0 Å². The Morgan fingerprint density at radius 3 is 1.88 bits per heavy atom. The number of benzene rings is 2. The summed E-state index contributed by atoms with van der Waals surface area (Å²) >= 11 is 0. The fourth-order valence-electron chi connectivity index (χ4n) is 2.40. The van der Waals surface area contributed by atoms with Gasteiger partial charge in [-0.05, 0) is 19.1 Å². The second kappa shape index (κ2) is 7.83. The summed E-state index contributed by atoms with van der Waals surface area (Å²) in [7, 11) is -6.67. The van der Waals surface area contributed by atoms with Gasteiger partial charge in [-0.3, -0.25) is 4.72 Å². The molecule has 2 rings (SSSR count). The number of sulfonamides is 2. The van der Waals surface area contributed by atoms with E-state index in [0.29, 0.717) is 11.4 Å².